The van der Waals surface area contributed by atoms with Crippen molar-refractivity contribution in [2.24, 2.45) is 5.92 Å². The molecule has 1 atom stereocenters. The van der Waals surface area contributed by atoms with E-state index in [0.29, 0.717) is 5.75 Å². The Kier molecular flexibility index (Phi) is 5.37. The molecule has 1 aromatic rings. The summed E-state index contributed by atoms with van der Waals surface area (Å²) in [4.78, 5) is 23.0. The van der Waals surface area contributed by atoms with E-state index in [1.165, 1.54) is 25.3 Å². The van der Waals surface area contributed by atoms with Crippen LogP contribution in [-0.4, -0.2) is 30.3 Å². The van der Waals surface area contributed by atoms with Gasteiger partial charge in [0.25, 0.3) is 0 Å². The number of hydrogen-bond acceptors (Lipinski definition) is 3. The molecule has 0 aliphatic heterocycles. The molecule has 1 rings (SSSR count). The van der Waals surface area contributed by atoms with Crippen molar-refractivity contribution in [1.82, 2.24) is 5.32 Å². The van der Waals surface area contributed by atoms with Gasteiger partial charge in [0, 0.05) is 12.1 Å². The number of amides is 2. The lowest BCUT2D eigenvalue weighted by Gasteiger charge is -2.18. The summed E-state index contributed by atoms with van der Waals surface area (Å²) in [5, 5.41) is 14.4. The van der Waals surface area contributed by atoms with Gasteiger partial charge >= 0.3 is 12.0 Å². The maximum atomic E-state index is 11.8. The summed E-state index contributed by atoms with van der Waals surface area (Å²) in [5.74, 6) is -0.355. The van der Waals surface area contributed by atoms with E-state index < -0.39 is 12.0 Å². The van der Waals surface area contributed by atoms with Gasteiger partial charge in [0.15, 0.2) is 0 Å². The van der Waals surface area contributed by atoms with Crippen LogP contribution in [0.25, 0.3) is 0 Å². The third-order valence-electron chi connectivity index (χ3n) is 3.06. The SMILES string of the molecule is COc1ccc(C(=O)O)c(NC(=O)NC(C)C(C)C)c1. The number of carboxylic acid groups (broad SMARTS) is 1. The van der Waals surface area contributed by atoms with Gasteiger partial charge in [0.1, 0.15) is 5.75 Å². The molecule has 0 saturated heterocycles. The number of ether oxygens (including phenoxy) is 1. The normalized spacial score (nSPS) is 11.8. The molecule has 0 bridgehead atoms. The Labute approximate surface area is 118 Å². The van der Waals surface area contributed by atoms with Crippen LogP contribution in [0.5, 0.6) is 5.75 Å². The third-order valence-corrected chi connectivity index (χ3v) is 3.06. The van der Waals surface area contributed by atoms with Crippen molar-refractivity contribution in [2.45, 2.75) is 26.8 Å². The molecule has 0 saturated carbocycles. The van der Waals surface area contributed by atoms with Crippen LogP contribution in [0, 0.1) is 5.92 Å². The Bertz CT molecular complexity index is 500. The van der Waals surface area contributed by atoms with Gasteiger partial charge in [-0.05, 0) is 25.0 Å². The number of carbonyl (C=O) groups excluding carboxylic acids is 1. The maximum absolute atomic E-state index is 11.8. The van der Waals surface area contributed by atoms with Gasteiger partial charge in [-0.3, -0.25) is 0 Å². The minimum atomic E-state index is -1.11. The summed E-state index contributed by atoms with van der Waals surface area (Å²) < 4.78 is 5.03. The minimum Gasteiger partial charge on any atom is -0.497 e. The van der Waals surface area contributed by atoms with Crippen LogP contribution in [0.2, 0.25) is 0 Å². The summed E-state index contributed by atoms with van der Waals surface area (Å²) in [7, 11) is 1.47. The summed E-state index contributed by atoms with van der Waals surface area (Å²) in [6, 6.07) is 3.94. The van der Waals surface area contributed by atoms with E-state index in [-0.39, 0.29) is 23.2 Å². The van der Waals surface area contributed by atoms with Crippen molar-refractivity contribution in [2.75, 3.05) is 12.4 Å². The van der Waals surface area contributed by atoms with Crippen LogP contribution in [0.1, 0.15) is 31.1 Å². The Morgan fingerprint density at radius 3 is 2.40 bits per heavy atom. The maximum Gasteiger partial charge on any atom is 0.337 e. The van der Waals surface area contributed by atoms with Crippen LogP contribution in [0.3, 0.4) is 0 Å². The standard InChI is InChI=1S/C14H20N2O4/c1-8(2)9(3)15-14(19)16-12-7-10(20-4)5-6-11(12)13(17)18/h5-9H,1-4H3,(H,17,18)(H2,15,16,19). The molecular formula is C14H20N2O4. The third kappa shape index (κ3) is 4.15. The molecule has 0 fully saturated rings. The van der Waals surface area contributed by atoms with E-state index in [9.17, 15) is 9.59 Å². The van der Waals surface area contributed by atoms with Crippen molar-refractivity contribution in [3.63, 3.8) is 0 Å². The number of urea groups is 1. The van der Waals surface area contributed by atoms with Crippen LogP contribution < -0.4 is 15.4 Å². The molecule has 1 aromatic carbocycles. The van der Waals surface area contributed by atoms with Crippen LogP contribution >= 0.6 is 0 Å². The second-order valence-corrected chi connectivity index (χ2v) is 4.85. The molecule has 1 unspecified atom stereocenters. The number of aromatic carboxylic acids is 1. The zero-order valence-electron chi connectivity index (χ0n) is 12.1. The van der Waals surface area contributed by atoms with Gasteiger partial charge in [0.2, 0.25) is 0 Å². The number of carboxylic acids is 1. The molecule has 6 heteroatoms. The predicted octanol–water partition coefficient (Wildman–Crippen LogP) is 2.56. The lowest BCUT2D eigenvalue weighted by molar-refractivity contribution is 0.0698. The smallest absolute Gasteiger partial charge is 0.337 e. The fourth-order valence-corrected chi connectivity index (χ4v) is 1.47. The van der Waals surface area contributed by atoms with Gasteiger partial charge in [-0.25, -0.2) is 9.59 Å². The number of anilines is 1. The summed E-state index contributed by atoms with van der Waals surface area (Å²) in [6.07, 6.45) is 0. The fourth-order valence-electron chi connectivity index (χ4n) is 1.47. The molecule has 0 aliphatic carbocycles. The van der Waals surface area contributed by atoms with Gasteiger partial charge < -0.3 is 20.5 Å². The number of methoxy groups -OCH3 is 1. The van der Waals surface area contributed by atoms with E-state index in [0.717, 1.165) is 0 Å². The number of nitrogens with one attached hydrogen (secondary N) is 2. The lowest BCUT2D eigenvalue weighted by Crippen LogP contribution is -2.39. The Balaban J connectivity index is 2.89. The van der Waals surface area contributed by atoms with E-state index >= 15 is 0 Å². The Morgan fingerprint density at radius 1 is 1.25 bits per heavy atom. The number of rotatable bonds is 5. The zero-order valence-corrected chi connectivity index (χ0v) is 12.1. The molecule has 20 heavy (non-hydrogen) atoms. The highest BCUT2D eigenvalue weighted by atomic mass is 16.5. The van der Waals surface area contributed by atoms with Crippen molar-refractivity contribution in [3.05, 3.63) is 23.8 Å². The van der Waals surface area contributed by atoms with Crippen molar-refractivity contribution in [1.29, 1.82) is 0 Å². The Hall–Kier alpha value is -2.24. The van der Waals surface area contributed by atoms with Gasteiger partial charge in [-0.15, -0.1) is 0 Å². The molecule has 3 N–H and O–H groups in total. The molecule has 0 radical (unpaired) electrons. The predicted molar refractivity (Wildman–Crippen MR) is 76.4 cm³/mol. The number of carbonyl (C=O) groups is 2. The largest absolute Gasteiger partial charge is 0.497 e. The highest BCUT2D eigenvalue weighted by Crippen LogP contribution is 2.22. The van der Waals surface area contributed by atoms with Gasteiger partial charge in [0.05, 0.1) is 18.4 Å². The van der Waals surface area contributed by atoms with Crippen molar-refractivity contribution >= 4 is 17.7 Å². The first-order chi connectivity index (χ1) is 9.35. The average Bonchev–Trinajstić information content (AvgIpc) is 2.37. The molecule has 6 nitrogen and oxygen atoms in total. The van der Waals surface area contributed by atoms with Gasteiger partial charge in [-0.1, -0.05) is 13.8 Å². The molecule has 2 amide bonds. The second-order valence-electron chi connectivity index (χ2n) is 4.85. The highest BCUT2D eigenvalue weighted by molar-refractivity contribution is 6.00. The second kappa shape index (κ2) is 6.79. The van der Waals surface area contributed by atoms with Crippen molar-refractivity contribution < 1.29 is 19.4 Å². The van der Waals surface area contributed by atoms with Crippen LogP contribution in [0.15, 0.2) is 18.2 Å². The fraction of sp³-hybridized carbons (Fsp3) is 0.429. The molecule has 0 aromatic heterocycles. The summed E-state index contributed by atoms with van der Waals surface area (Å²) >= 11 is 0. The Morgan fingerprint density at radius 2 is 1.90 bits per heavy atom. The molecule has 110 valence electrons. The first-order valence-electron chi connectivity index (χ1n) is 6.34. The van der Waals surface area contributed by atoms with E-state index in [1.807, 2.05) is 20.8 Å². The van der Waals surface area contributed by atoms with E-state index in [4.69, 9.17) is 9.84 Å². The van der Waals surface area contributed by atoms with Crippen LogP contribution in [0.4, 0.5) is 10.5 Å². The lowest BCUT2D eigenvalue weighted by atomic mass is 10.1. The molecular weight excluding hydrogens is 260 g/mol. The van der Waals surface area contributed by atoms with E-state index in [1.54, 1.807) is 0 Å². The summed E-state index contributed by atoms with van der Waals surface area (Å²) in [5.41, 5.74) is 0.212. The molecule has 0 aliphatic rings. The average molecular weight is 280 g/mol. The van der Waals surface area contributed by atoms with Crippen molar-refractivity contribution in [3.8, 4) is 5.75 Å². The quantitative estimate of drug-likeness (QED) is 0.773. The number of benzene rings is 1. The van der Waals surface area contributed by atoms with E-state index in [2.05, 4.69) is 10.6 Å². The first-order valence-corrected chi connectivity index (χ1v) is 6.34. The topological polar surface area (TPSA) is 87.7 Å². The molecule has 0 spiro atoms. The monoisotopic (exact) mass is 280 g/mol. The van der Waals surface area contributed by atoms with Crippen LogP contribution in [-0.2, 0) is 0 Å². The minimum absolute atomic E-state index is 0.0122. The first kappa shape index (κ1) is 15.8. The molecule has 0 heterocycles. The van der Waals surface area contributed by atoms with Gasteiger partial charge in [-0.2, -0.15) is 0 Å². The zero-order chi connectivity index (χ0) is 15.3. The summed E-state index contributed by atoms with van der Waals surface area (Å²) in [6.45, 7) is 5.85. The highest BCUT2D eigenvalue weighted by Gasteiger charge is 2.15. The number of hydrogen-bond donors (Lipinski definition) is 3.